The van der Waals surface area contributed by atoms with Gasteiger partial charge in [0, 0.05) is 5.41 Å². The van der Waals surface area contributed by atoms with E-state index in [1.807, 2.05) is 6.92 Å². The minimum absolute atomic E-state index is 0.284. The number of aliphatic hydroxyl groups is 1. The topological polar surface area (TPSA) is 20.2 Å². The molecule has 2 aliphatic carbocycles. The average Bonchev–Trinajstić information content (AvgIpc) is 2.69. The zero-order valence-corrected chi connectivity index (χ0v) is 7.83. The second-order valence-corrected chi connectivity index (χ2v) is 4.21. The van der Waals surface area contributed by atoms with Crippen molar-refractivity contribution in [2.75, 3.05) is 0 Å². The van der Waals surface area contributed by atoms with Gasteiger partial charge in [0.05, 0.1) is 0 Å². The summed E-state index contributed by atoms with van der Waals surface area (Å²) in [5.41, 5.74) is 0.819. The summed E-state index contributed by atoms with van der Waals surface area (Å²) in [6.45, 7) is 6.07. The molecule has 68 valence electrons. The van der Waals surface area contributed by atoms with Gasteiger partial charge in [0.1, 0.15) is 6.10 Å². The Morgan fingerprint density at radius 3 is 2.92 bits per heavy atom. The lowest BCUT2D eigenvalue weighted by Crippen LogP contribution is -2.36. The molecule has 0 aromatic rings. The Bertz CT molecular complexity index is 321. The Kier molecular flexibility index (Phi) is 1.65. The smallest absolute Gasteiger partial charge is 0.124 e. The quantitative estimate of drug-likeness (QED) is 0.474. The van der Waals surface area contributed by atoms with Gasteiger partial charge in [0.25, 0.3) is 0 Å². The molecule has 0 amide bonds. The molecule has 1 unspecified atom stereocenters. The molecule has 0 aliphatic heterocycles. The fourth-order valence-electron chi connectivity index (χ4n) is 2.59. The van der Waals surface area contributed by atoms with Gasteiger partial charge in [-0.3, -0.25) is 0 Å². The second kappa shape index (κ2) is 2.49. The third kappa shape index (κ3) is 0.870. The van der Waals surface area contributed by atoms with Gasteiger partial charge in [-0.2, -0.15) is 0 Å². The van der Waals surface area contributed by atoms with Gasteiger partial charge in [-0.15, -0.1) is 6.42 Å². The van der Waals surface area contributed by atoms with Crippen LogP contribution in [0.2, 0.25) is 0 Å². The highest BCUT2D eigenvalue weighted by Crippen LogP contribution is 2.56. The van der Waals surface area contributed by atoms with E-state index in [1.165, 1.54) is 0 Å². The van der Waals surface area contributed by atoms with E-state index in [-0.39, 0.29) is 5.41 Å². The molecule has 1 fully saturated rings. The van der Waals surface area contributed by atoms with Gasteiger partial charge in [-0.1, -0.05) is 37.1 Å². The largest absolute Gasteiger partial charge is 0.379 e. The number of rotatable bonds is 1. The number of hydrogen-bond acceptors (Lipinski definition) is 1. The fraction of sp³-hybridized carbons (Fsp3) is 0.500. The highest BCUT2D eigenvalue weighted by Gasteiger charge is 2.51. The van der Waals surface area contributed by atoms with Crippen LogP contribution in [0.1, 0.15) is 13.3 Å². The SMILES string of the molecule is C#CC(O)[C@@]1(C)C(=C)[C@@H]2C=C[C@H]1C2. The molecule has 2 aliphatic rings. The zero-order valence-electron chi connectivity index (χ0n) is 7.83. The second-order valence-electron chi connectivity index (χ2n) is 4.21. The van der Waals surface area contributed by atoms with E-state index in [4.69, 9.17) is 6.42 Å². The maximum absolute atomic E-state index is 9.78. The molecule has 0 aromatic carbocycles. The van der Waals surface area contributed by atoms with Gasteiger partial charge < -0.3 is 5.11 Å². The van der Waals surface area contributed by atoms with E-state index in [9.17, 15) is 5.11 Å². The molecule has 0 saturated heterocycles. The predicted molar refractivity (Wildman–Crippen MR) is 52.8 cm³/mol. The van der Waals surface area contributed by atoms with Crippen LogP contribution in [0, 0.1) is 29.6 Å². The van der Waals surface area contributed by atoms with Crippen molar-refractivity contribution in [1.82, 2.24) is 0 Å². The Balaban J connectivity index is 2.40. The number of hydrogen-bond donors (Lipinski definition) is 1. The van der Waals surface area contributed by atoms with Crippen LogP contribution in [-0.2, 0) is 0 Å². The standard InChI is InChI=1S/C12H14O/c1-4-11(13)12(3)8(2)9-5-6-10(12)7-9/h1,5-6,9-11,13H,2,7H2,3H3/t9-,10+,11?,12+/m1/s1. The summed E-state index contributed by atoms with van der Waals surface area (Å²) in [5.74, 6) is 3.25. The summed E-state index contributed by atoms with van der Waals surface area (Å²) < 4.78 is 0. The summed E-state index contributed by atoms with van der Waals surface area (Å²) in [7, 11) is 0. The van der Waals surface area contributed by atoms with Gasteiger partial charge >= 0.3 is 0 Å². The van der Waals surface area contributed by atoms with E-state index < -0.39 is 6.10 Å². The maximum atomic E-state index is 9.78. The van der Waals surface area contributed by atoms with Crippen molar-refractivity contribution in [3.8, 4) is 12.3 Å². The summed E-state index contributed by atoms with van der Waals surface area (Å²) in [4.78, 5) is 0. The first kappa shape index (κ1) is 8.59. The van der Waals surface area contributed by atoms with Crippen LogP contribution in [0.3, 0.4) is 0 Å². The molecule has 2 bridgehead atoms. The van der Waals surface area contributed by atoms with Crippen molar-refractivity contribution in [3.05, 3.63) is 24.3 Å². The van der Waals surface area contributed by atoms with Crippen LogP contribution < -0.4 is 0 Å². The van der Waals surface area contributed by atoms with E-state index >= 15 is 0 Å². The predicted octanol–water partition coefficient (Wildman–Crippen LogP) is 1.75. The fourth-order valence-corrected chi connectivity index (χ4v) is 2.59. The molecule has 2 rings (SSSR count). The van der Waals surface area contributed by atoms with Crippen LogP contribution in [0.25, 0.3) is 0 Å². The monoisotopic (exact) mass is 174 g/mol. The summed E-state index contributed by atoms with van der Waals surface area (Å²) >= 11 is 0. The molecule has 0 heterocycles. The molecule has 4 atom stereocenters. The van der Waals surface area contributed by atoms with Gasteiger partial charge in [-0.25, -0.2) is 0 Å². The minimum Gasteiger partial charge on any atom is -0.379 e. The molecule has 0 radical (unpaired) electrons. The molecule has 1 saturated carbocycles. The van der Waals surface area contributed by atoms with Crippen LogP contribution in [0.4, 0.5) is 0 Å². The number of terminal acetylenes is 1. The van der Waals surface area contributed by atoms with E-state index in [0.717, 1.165) is 12.0 Å². The highest BCUT2D eigenvalue weighted by atomic mass is 16.3. The third-order valence-corrected chi connectivity index (χ3v) is 3.72. The van der Waals surface area contributed by atoms with Crippen molar-refractivity contribution in [2.45, 2.75) is 19.4 Å². The molecule has 1 nitrogen and oxygen atoms in total. The Morgan fingerprint density at radius 2 is 2.46 bits per heavy atom. The van der Waals surface area contributed by atoms with Gasteiger partial charge in [-0.05, 0) is 18.3 Å². The lowest BCUT2D eigenvalue weighted by molar-refractivity contribution is 0.0930. The molecular formula is C12H14O. The Hall–Kier alpha value is -1.00. The lowest BCUT2D eigenvalue weighted by atomic mass is 9.70. The summed E-state index contributed by atoms with van der Waals surface area (Å²) in [6.07, 6.45) is 9.99. The normalized spacial score (nSPS) is 43.6. The molecule has 13 heavy (non-hydrogen) atoms. The first-order chi connectivity index (χ1) is 6.10. The zero-order chi connectivity index (χ0) is 9.64. The average molecular weight is 174 g/mol. The Morgan fingerprint density at radius 1 is 1.77 bits per heavy atom. The van der Waals surface area contributed by atoms with E-state index in [2.05, 4.69) is 24.7 Å². The molecule has 0 aromatic heterocycles. The van der Waals surface area contributed by atoms with E-state index in [1.54, 1.807) is 0 Å². The first-order valence-corrected chi connectivity index (χ1v) is 4.62. The van der Waals surface area contributed by atoms with Crippen LogP contribution >= 0.6 is 0 Å². The van der Waals surface area contributed by atoms with Crippen LogP contribution in [-0.4, -0.2) is 11.2 Å². The van der Waals surface area contributed by atoms with Crippen LogP contribution in [0.15, 0.2) is 24.3 Å². The maximum Gasteiger partial charge on any atom is 0.124 e. The Labute approximate surface area is 79.2 Å². The summed E-state index contributed by atoms with van der Waals surface area (Å²) in [5, 5.41) is 9.78. The molecule has 0 spiro atoms. The summed E-state index contributed by atoms with van der Waals surface area (Å²) in [6, 6.07) is 0. The first-order valence-electron chi connectivity index (χ1n) is 4.62. The van der Waals surface area contributed by atoms with Crippen molar-refractivity contribution in [1.29, 1.82) is 0 Å². The van der Waals surface area contributed by atoms with Crippen molar-refractivity contribution in [2.24, 2.45) is 17.3 Å². The molecule has 1 N–H and O–H groups in total. The minimum atomic E-state index is -0.694. The number of fused-ring (bicyclic) bond motifs is 2. The van der Waals surface area contributed by atoms with Crippen molar-refractivity contribution in [3.63, 3.8) is 0 Å². The number of aliphatic hydroxyl groups excluding tert-OH is 1. The van der Waals surface area contributed by atoms with Crippen LogP contribution in [0.5, 0.6) is 0 Å². The van der Waals surface area contributed by atoms with Crippen molar-refractivity contribution >= 4 is 0 Å². The van der Waals surface area contributed by atoms with Gasteiger partial charge in [0.2, 0.25) is 0 Å². The number of allylic oxidation sites excluding steroid dienone is 2. The third-order valence-electron chi connectivity index (χ3n) is 3.72. The molecular weight excluding hydrogens is 160 g/mol. The molecule has 1 heteroatoms. The van der Waals surface area contributed by atoms with Gasteiger partial charge in [0.15, 0.2) is 0 Å². The van der Waals surface area contributed by atoms with E-state index in [0.29, 0.717) is 11.8 Å². The van der Waals surface area contributed by atoms with Crippen molar-refractivity contribution < 1.29 is 5.11 Å². The highest BCUT2D eigenvalue weighted by molar-refractivity contribution is 5.36. The lowest BCUT2D eigenvalue weighted by Gasteiger charge is -2.35.